The van der Waals surface area contributed by atoms with Gasteiger partial charge in [-0.2, -0.15) is 18.4 Å². The number of rotatable bonds is 5. The molecule has 0 aromatic heterocycles. The van der Waals surface area contributed by atoms with E-state index in [1.54, 1.807) is 38.1 Å². The van der Waals surface area contributed by atoms with E-state index in [1.165, 1.54) is 18.2 Å². The van der Waals surface area contributed by atoms with E-state index in [4.69, 9.17) is 0 Å². The second-order valence-corrected chi connectivity index (χ2v) is 7.02. The monoisotopic (exact) mass is 347 g/mol. The Balaban J connectivity index is 2.27. The zero-order valence-corrected chi connectivity index (χ0v) is 14.3. The Kier molecular flexibility index (Phi) is 4.99. The lowest BCUT2D eigenvalue weighted by Crippen LogP contribution is -2.20. The quantitative estimate of drug-likeness (QED) is 0.510. The van der Waals surface area contributed by atoms with Crippen molar-refractivity contribution in [2.24, 2.45) is 5.10 Å². The van der Waals surface area contributed by atoms with Gasteiger partial charge in [-0.1, -0.05) is 29.8 Å². The Bertz CT molecular complexity index is 903. The maximum absolute atomic E-state index is 12.2. The molecule has 2 rings (SSSR count). The van der Waals surface area contributed by atoms with Crippen LogP contribution in [0.4, 0.5) is 5.69 Å². The third kappa shape index (κ3) is 3.96. The van der Waals surface area contributed by atoms with Crippen molar-refractivity contribution in [1.29, 1.82) is 0 Å². The van der Waals surface area contributed by atoms with E-state index in [1.807, 2.05) is 6.92 Å². The largest absolute Gasteiger partial charge is 0.276 e. The summed E-state index contributed by atoms with van der Waals surface area (Å²) in [5.41, 5.74) is 2.23. The molecule has 0 atom stereocenters. The minimum Gasteiger partial charge on any atom is -0.258 e. The first-order valence-electron chi connectivity index (χ1n) is 7.09. The summed E-state index contributed by atoms with van der Waals surface area (Å²) in [5, 5.41) is 14.8. The van der Waals surface area contributed by atoms with Crippen LogP contribution in [-0.4, -0.2) is 19.1 Å². The van der Waals surface area contributed by atoms with Gasteiger partial charge in [-0.25, -0.2) is 0 Å². The van der Waals surface area contributed by atoms with Crippen LogP contribution in [0.2, 0.25) is 0 Å². The number of sulfonamides is 1. The van der Waals surface area contributed by atoms with Crippen molar-refractivity contribution in [3.8, 4) is 0 Å². The van der Waals surface area contributed by atoms with Crippen LogP contribution in [0.3, 0.4) is 0 Å². The molecule has 7 nitrogen and oxygen atoms in total. The van der Waals surface area contributed by atoms with E-state index in [0.717, 1.165) is 5.56 Å². The van der Waals surface area contributed by atoms with Crippen molar-refractivity contribution in [3.05, 3.63) is 69.3 Å². The molecular formula is C16H17N3O4S. The summed E-state index contributed by atoms with van der Waals surface area (Å²) in [6.07, 6.45) is 0. The molecule has 0 unspecified atom stereocenters. The van der Waals surface area contributed by atoms with Gasteiger partial charge in [0.1, 0.15) is 0 Å². The molecule has 8 heteroatoms. The third-order valence-electron chi connectivity index (χ3n) is 3.49. The lowest BCUT2D eigenvalue weighted by atomic mass is 10.1. The molecule has 0 fully saturated rings. The van der Waals surface area contributed by atoms with Crippen molar-refractivity contribution < 1.29 is 13.3 Å². The molecule has 0 amide bonds. The van der Waals surface area contributed by atoms with E-state index < -0.39 is 14.9 Å². The second kappa shape index (κ2) is 6.79. The molecule has 0 aliphatic carbocycles. The Hall–Kier alpha value is -2.74. The maximum Gasteiger partial charge on any atom is 0.276 e. The summed E-state index contributed by atoms with van der Waals surface area (Å²) in [7, 11) is -3.79. The molecule has 0 radical (unpaired) electrons. The molecule has 0 aliphatic rings. The van der Waals surface area contributed by atoms with Crippen LogP contribution in [-0.2, 0) is 10.0 Å². The number of hydrogen-bond acceptors (Lipinski definition) is 5. The summed E-state index contributed by atoms with van der Waals surface area (Å²) in [5.74, 6) is 0. The summed E-state index contributed by atoms with van der Waals surface area (Å²) >= 11 is 0. The highest BCUT2D eigenvalue weighted by Gasteiger charge is 2.14. The fraction of sp³-hybridized carbons (Fsp3) is 0.188. The topological polar surface area (TPSA) is 102 Å². The Morgan fingerprint density at radius 3 is 2.33 bits per heavy atom. The Morgan fingerprint density at radius 2 is 1.75 bits per heavy atom. The van der Waals surface area contributed by atoms with Crippen LogP contribution in [0.15, 0.2) is 52.5 Å². The number of nitro benzene ring substituents is 1. The van der Waals surface area contributed by atoms with E-state index in [-0.39, 0.29) is 10.6 Å². The molecule has 1 N–H and O–H groups in total. The van der Waals surface area contributed by atoms with Crippen LogP contribution < -0.4 is 4.83 Å². The van der Waals surface area contributed by atoms with Gasteiger partial charge in [-0.3, -0.25) is 10.1 Å². The van der Waals surface area contributed by atoms with Crippen molar-refractivity contribution in [2.45, 2.75) is 25.7 Å². The number of nitrogens with zero attached hydrogens (tertiary/aromatic N) is 2. The fourth-order valence-corrected chi connectivity index (χ4v) is 2.85. The van der Waals surface area contributed by atoms with Gasteiger partial charge < -0.3 is 0 Å². The second-order valence-electron chi connectivity index (χ2n) is 5.36. The molecule has 0 saturated carbocycles. The molecule has 0 heterocycles. The molecular weight excluding hydrogens is 330 g/mol. The number of nitrogens with one attached hydrogen (secondary N) is 1. The van der Waals surface area contributed by atoms with Crippen molar-refractivity contribution in [3.63, 3.8) is 0 Å². The molecule has 2 aromatic carbocycles. The molecule has 0 bridgehead atoms. The van der Waals surface area contributed by atoms with Crippen LogP contribution in [0.1, 0.15) is 23.6 Å². The van der Waals surface area contributed by atoms with E-state index in [0.29, 0.717) is 16.8 Å². The first-order valence-corrected chi connectivity index (χ1v) is 8.57. The molecule has 24 heavy (non-hydrogen) atoms. The van der Waals surface area contributed by atoms with Gasteiger partial charge in [0.15, 0.2) is 0 Å². The van der Waals surface area contributed by atoms with Gasteiger partial charge in [0.2, 0.25) is 0 Å². The minimum absolute atomic E-state index is 0.0385. The van der Waals surface area contributed by atoms with E-state index >= 15 is 0 Å². The number of hydrogen-bond donors (Lipinski definition) is 1. The number of hydrazone groups is 1. The fourth-order valence-electron chi connectivity index (χ4n) is 1.99. The number of benzene rings is 2. The van der Waals surface area contributed by atoms with Crippen molar-refractivity contribution >= 4 is 21.4 Å². The first kappa shape index (κ1) is 17.6. The Labute approximate surface area is 140 Å². The smallest absolute Gasteiger partial charge is 0.258 e. The minimum atomic E-state index is -3.79. The SMILES string of the molecule is C/C(=N/NS(=O)(=O)c1ccc(C)cc1)c1ccc(C)c([N+](=O)[O-])c1. The molecule has 0 spiro atoms. The highest BCUT2D eigenvalue weighted by molar-refractivity contribution is 7.89. The van der Waals surface area contributed by atoms with E-state index in [9.17, 15) is 18.5 Å². The normalized spacial score (nSPS) is 12.0. The first-order chi connectivity index (χ1) is 11.2. The molecule has 0 saturated heterocycles. The summed E-state index contributed by atoms with van der Waals surface area (Å²) < 4.78 is 24.4. The standard InChI is InChI=1S/C16H17N3O4S/c1-11-4-8-15(9-5-11)24(22,23)18-17-13(3)14-7-6-12(2)16(10-14)19(20)21/h4-10,18H,1-3H3/b17-13-. The van der Waals surface area contributed by atoms with E-state index in [2.05, 4.69) is 9.93 Å². The van der Waals surface area contributed by atoms with Crippen LogP contribution in [0.25, 0.3) is 0 Å². The van der Waals surface area contributed by atoms with Gasteiger partial charge in [0.05, 0.1) is 15.5 Å². The highest BCUT2D eigenvalue weighted by atomic mass is 32.2. The third-order valence-corrected chi connectivity index (χ3v) is 4.71. The molecule has 2 aromatic rings. The number of aryl methyl sites for hydroxylation is 2. The summed E-state index contributed by atoms with van der Waals surface area (Å²) in [4.78, 5) is 12.7. The maximum atomic E-state index is 12.2. The molecule has 0 aliphatic heterocycles. The molecule has 126 valence electrons. The van der Waals surface area contributed by atoms with Crippen LogP contribution in [0, 0.1) is 24.0 Å². The van der Waals surface area contributed by atoms with Gasteiger partial charge in [-0.05, 0) is 32.9 Å². The van der Waals surface area contributed by atoms with Gasteiger partial charge in [0, 0.05) is 17.2 Å². The number of nitro groups is 1. The van der Waals surface area contributed by atoms with Gasteiger partial charge >= 0.3 is 0 Å². The lowest BCUT2D eigenvalue weighted by Gasteiger charge is -2.06. The van der Waals surface area contributed by atoms with Crippen LogP contribution >= 0.6 is 0 Å². The lowest BCUT2D eigenvalue weighted by molar-refractivity contribution is -0.385. The van der Waals surface area contributed by atoms with Crippen molar-refractivity contribution in [1.82, 2.24) is 4.83 Å². The zero-order chi connectivity index (χ0) is 17.9. The average Bonchev–Trinajstić information content (AvgIpc) is 2.53. The predicted molar refractivity (Wildman–Crippen MR) is 91.5 cm³/mol. The van der Waals surface area contributed by atoms with Crippen LogP contribution in [0.5, 0.6) is 0 Å². The summed E-state index contributed by atoms with van der Waals surface area (Å²) in [6.45, 7) is 5.07. The zero-order valence-electron chi connectivity index (χ0n) is 13.5. The average molecular weight is 347 g/mol. The van der Waals surface area contributed by atoms with Crippen molar-refractivity contribution in [2.75, 3.05) is 0 Å². The Morgan fingerprint density at radius 1 is 1.12 bits per heavy atom. The highest BCUT2D eigenvalue weighted by Crippen LogP contribution is 2.19. The van der Waals surface area contributed by atoms with Gasteiger partial charge in [0.25, 0.3) is 15.7 Å². The predicted octanol–water partition coefficient (Wildman–Crippen LogP) is 2.91. The van der Waals surface area contributed by atoms with Gasteiger partial charge in [-0.15, -0.1) is 0 Å². The summed E-state index contributed by atoms with van der Waals surface area (Å²) in [6, 6.07) is 11.0.